The molecular formula is C40H42N5O6+. The number of benzene rings is 3. The molecule has 1 fully saturated rings. The Morgan fingerprint density at radius 1 is 0.961 bits per heavy atom. The zero-order valence-electron chi connectivity index (χ0n) is 29.0. The van der Waals surface area contributed by atoms with E-state index in [0.717, 1.165) is 47.5 Å². The van der Waals surface area contributed by atoms with Crippen LogP contribution in [0.4, 0.5) is 0 Å². The number of aromatic hydroxyl groups is 1. The number of pyridine rings is 1. The van der Waals surface area contributed by atoms with Crippen LogP contribution >= 0.6 is 0 Å². The average Bonchev–Trinajstić information content (AvgIpc) is 3.57. The SMILES string of the molecule is CCn1c(CN2C(=O)c3ccccc3C2=O)[n+](CC2CCOCC2)c2ccc(OCC(=O)N(Cc3ccccc3)Cc3nc(C)ccc3O)cc21. The van der Waals surface area contributed by atoms with E-state index in [1.54, 1.807) is 41.3 Å². The second kappa shape index (κ2) is 14.7. The van der Waals surface area contributed by atoms with Gasteiger partial charge in [-0.05, 0) is 68.7 Å². The number of nitrogens with zero attached hydrogens (tertiary/aromatic N) is 5. The van der Waals surface area contributed by atoms with E-state index < -0.39 is 0 Å². The molecule has 0 bridgehead atoms. The highest BCUT2D eigenvalue weighted by Crippen LogP contribution is 2.28. The first kappa shape index (κ1) is 33.9. The van der Waals surface area contributed by atoms with Gasteiger partial charge in [0.05, 0.1) is 30.8 Å². The van der Waals surface area contributed by atoms with Gasteiger partial charge in [0.1, 0.15) is 23.7 Å². The van der Waals surface area contributed by atoms with Crippen molar-refractivity contribution < 1.29 is 33.5 Å². The van der Waals surface area contributed by atoms with Crippen LogP contribution in [0, 0.1) is 12.8 Å². The van der Waals surface area contributed by atoms with Gasteiger partial charge in [-0.1, -0.05) is 42.5 Å². The fourth-order valence-electron chi connectivity index (χ4n) is 7.07. The predicted molar refractivity (Wildman–Crippen MR) is 189 cm³/mol. The molecule has 0 radical (unpaired) electrons. The smallest absolute Gasteiger partial charge is 0.277 e. The van der Waals surface area contributed by atoms with E-state index >= 15 is 0 Å². The summed E-state index contributed by atoms with van der Waals surface area (Å²) in [6, 6.07) is 25.7. The molecule has 2 aromatic heterocycles. The van der Waals surface area contributed by atoms with Crippen molar-refractivity contribution in [2.24, 2.45) is 5.92 Å². The molecule has 0 aliphatic carbocycles. The molecule has 51 heavy (non-hydrogen) atoms. The van der Waals surface area contributed by atoms with Gasteiger partial charge in [0.25, 0.3) is 23.5 Å². The maximum absolute atomic E-state index is 13.7. The summed E-state index contributed by atoms with van der Waals surface area (Å²) in [6.07, 6.45) is 1.85. The molecule has 3 amide bonds. The Hall–Kier alpha value is -5.55. The highest BCUT2D eigenvalue weighted by atomic mass is 16.5. The molecule has 0 spiro atoms. The van der Waals surface area contributed by atoms with E-state index in [1.165, 1.54) is 4.90 Å². The Morgan fingerprint density at radius 3 is 2.37 bits per heavy atom. The second-order valence-corrected chi connectivity index (χ2v) is 13.2. The minimum Gasteiger partial charge on any atom is -0.506 e. The van der Waals surface area contributed by atoms with E-state index in [0.29, 0.717) is 54.8 Å². The fourth-order valence-corrected chi connectivity index (χ4v) is 7.07. The molecule has 11 nitrogen and oxygen atoms in total. The van der Waals surface area contributed by atoms with Gasteiger partial charge < -0.3 is 19.5 Å². The van der Waals surface area contributed by atoms with Crippen LogP contribution in [-0.4, -0.2) is 62.0 Å². The van der Waals surface area contributed by atoms with Gasteiger partial charge in [0.15, 0.2) is 17.6 Å². The topological polar surface area (TPSA) is 118 Å². The summed E-state index contributed by atoms with van der Waals surface area (Å²) < 4.78 is 16.2. The molecule has 11 heteroatoms. The molecule has 262 valence electrons. The third-order valence-corrected chi connectivity index (χ3v) is 9.79. The second-order valence-electron chi connectivity index (χ2n) is 13.2. The van der Waals surface area contributed by atoms with Crippen LogP contribution in [-0.2, 0) is 42.3 Å². The standard InChI is InChI=1S/C40H41N5O6/c1-3-43-35-21-30(51-26-38(47)42(22-28-9-5-4-6-10-28)24-33-36(46)16-13-27(2)41-33)14-15-34(35)44(23-29-17-19-50-20-18-29)37(43)25-45-39(48)31-11-7-8-12-32(31)40(45)49/h4-16,21,29H,3,17-20,22-26H2,1-2H3/p+1. The fraction of sp³-hybridized carbons (Fsp3) is 0.325. The normalized spacial score (nSPS) is 14.7. The van der Waals surface area contributed by atoms with Crippen molar-refractivity contribution in [3.63, 3.8) is 0 Å². The molecule has 1 saturated heterocycles. The number of fused-ring (bicyclic) bond motifs is 2. The van der Waals surface area contributed by atoms with Crippen LogP contribution in [0.25, 0.3) is 11.0 Å². The predicted octanol–water partition coefficient (Wildman–Crippen LogP) is 5.19. The summed E-state index contributed by atoms with van der Waals surface area (Å²) in [5, 5.41) is 10.5. The number of aryl methyl sites for hydroxylation is 2. The number of amides is 3. The summed E-state index contributed by atoms with van der Waals surface area (Å²) >= 11 is 0. The summed E-state index contributed by atoms with van der Waals surface area (Å²) in [6.45, 7) is 6.96. The highest BCUT2D eigenvalue weighted by Gasteiger charge is 2.39. The van der Waals surface area contributed by atoms with E-state index in [1.807, 2.05) is 62.4 Å². The monoisotopic (exact) mass is 688 g/mol. The van der Waals surface area contributed by atoms with Crippen LogP contribution in [0.2, 0.25) is 0 Å². The first-order valence-corrected chi connectivity index (χ1v) is 17.5. The Balaban J connectivity index is 1.17. The number of rotatable bonds is 12. The van der Waals surface area contributed by atoms with Crippen molar-refractivity contribution in [1.29, 1.82) is 0 Å². The molecule has 2 aliphatic heterocycles. The maximum Gasteiger partial charge on any atom is 0.277 e. The Labute approximate surface area is 296 Å². The Morgan fingerprint density at radius 2 is 1.67 bits per heavy atom. The van der Waals surface area contributed by atoms with Crippen LogP contribution in [0.5, 0.6) is 11.5 Å². The lowest BCUT2D eigenvalue weighted by atomic mass is 10.0. The van der Waals surface area contributed by atoms with Crippen molar-refractivity contribution in [2.45, 2.75) is 59.4 Å². The molecule has 2 aliphatic rings. The average molecular weight is 689 g/mol. The van der Waals surface area contributed by atoms with Crippen LogP contribution in [0.1, 0.15) is 63.3 Å². The molecule has 7 rings (SSSR count). The van der Waals surface area contributed by atoms with Gasteiger partial charge in [-0.25, -0.2) is 9.13 Å². The van der Waals surface area contributed by atoms with Crippen molar-refractivity contribution in [3.8, 4) is 11.5 Å². The largest absolute Gasteiger partial charge is 0.506 e. The Kier molecular flexibility index (Phi) is 9.81. The number of hydrogen-bond acceptors (Lipinski definition) is 7. The van der Waals surface area contributed by atoms with Gasteiger partial charge in [-0.2, -0.15) is 0 Å². The van der Waals surface area contributed by atoms with E-state index in [-0.39, 0.29) is 43.2 Å². The molecule has 0 atom stereocenters. The first-order chi connectivity index (χ1) is 24.8. The van der Waals surface area contributed by atoms with Crippen molar-refractivity contribution in [1.82, 2.24) is 19.4 Å². The summed E-state index contributed by atoms with van der Waals surface area (Å²) in [5.74, 6) is 0.937. The van der Waals surface area contributed by atoms with Gasteiger partial charge >= 0.3 is 0 Å². The number of carbonyl (C=O) groups excluding carboxylic acids is 3. The minimum absolute atomic E-state index is 0.0317. The zero-order chi connectivity index (χ0) is 35.5. The van der Waals surface area contributed by atoms with Crippen LogP contribution in [0.15, 0.2) is 84.9 Å². The van der Waals surface area contributed by atoms with E-state index in [2.05, 4.69) is 14.1 Å². The quantitative estimate of drug-likeness (QED) is 0.142. The Bertz CT molecular complexity index is 2050. The van der Waals surface area contributed by atoms with Gasteiger partial charge in [0, 0.05) is 37.4 Å². The summed E-state index contributed by atoms with van der Waals surface area (Å²) in [5.41, 5.74) is 4.80. The number of hydrogen-bond donors (Lipinski definition) is 1. The first-order valence-electron chi connectivity index (χ1n) is 17.5. The summed E-state index contributed by atoms with van der Waals surface area (Å²) in [7, 11) is 0. The molecular weight excluding hydrogens is 646 g/mol. The van der Waals surface area contributed by atoms with Crippen molar-refractivity contribution in [3.05, 3.63) is 119 Å². The molecule has 0 saturated carbocycles. The lowest BCUT2D eigenvalue weighted by molar-refractivity contribution is -0.687. The minimum atomic E-state index is -0.294. The molecule has 0 unspecified atom stereocenters. The van der Waals surface area contributed by atoms with Gasteiger partial charge in [-0.3, -0.25) is 24.3 Å². The zero-order valence-corrected chi connectivity index (χ0v) is 29.0. The maximum atomic E-state index is 13.7. The molecule has 4 heterocycles. The number of imide groups is 1. The number of ether oxygens (including phenoxy) is 2. The lowest BCUT2D eigenvalue weighted by Crippen LogP contribution is -2.45. The highest BCUT2D eigenvalue weighted by molar-refractivity contribution is 6.21. The number of carbonyl (C=O) groups is 3. The van der Waals surface area contributed by atoms with E-state index in [4.69, 9.17) is 9.47 Å². The van der Waals surface area contributed by atoms with Crippen molar-refractivity contribution >= 4 is 28.8 Å². The summed E-state index contributed by atoms with van der Waals surface area (Å²) in [4.78, 5) is 48.1. The molecule has 5 aromatic rings. The number of imidazole rings is 1. The number of aromatic nitrogens is 3. The molecule has 3 aromatic carbocycles. The van der Waals surface area contributed by atoms with Crippen molar-refractivity contribution in [2.75, 3.05) is 19.8 Å². The van der Waals surface area contributed by atoms with Gasteiger partial charge in [-0.15, -0.1) is 0 Å². The van der Waals surface area contributed by atoms with E-state index in [9.17, 15) is 19.5 Å². The van der Waals surface area contributed by atoms with Gasteiger partial charge in [0.2, 0.25) is 0 Å². The third kappa shape index (κ3) is 7.07. The van der Waals surface area contributed by atoms with Crippen LogP contribution in [0.3, 0.4) is 0 Å². The molecule has 1 N–H and O–H groups in total. The third-order valence-electron chi connectivity index (χ3n) is 9.79. The van der Waals surface area contributed by atoms with Crippen LogP contribution < -0.4 is 9.30 Å². The lowest BCUT2D eigenvalue weighted by Gasteiger charge is -2.23.